The van der Waals surface area contributed by atoms with E-state index in [9.17, 15) is 0 Å². The van der Waals surface area contributed by atoms with E-state index in [1.807, 2.05) is 30.1 Å². The fourth-order valence-corrected chi connectivity index (χ4v) is 2.23. The van der Waals surface area contributed by atoms with Gasteiger partial charge in [0.25, 0.3) is 0 Å². The zero-order valence-electron chi connectivity index (χ0n) is 10.2. The van der Waals surface area contributed by atoms with Gasteiger partial charge in [-0.25, -0.2) is 4.98 Å². The van der Waals surface area contributed by atoms with Crippen LogP contribution in [0, 0.1) is 0 Å². The molecule has 0 saturated carbocycles. The van der Waals surface area contributed by atoms with Crippen molar-refractivity contribution in [2.24, 2.45) is 0 Å². The lowest BCUT2D eigenvalue weighted by Crippen LogP contribution is -2.21. The number of halogens is 1. The highest BCUT2D eigenvalue weighted by Gasteiger charge is 2.12. The lowest BCUT2D eigenvalue weighted by atomic mass is 10.3. The number of hydrogen-bond donors (Lipinski definition) is 1. The average Bonchev–Trinajstić information content (AvgIpc) is 2.18. The summed E-state index contributed by atoms with van der Waals surface area (Å²) in [5.41, 5.74) is 1.07. The van der Waals surface area contributed by atoms with Crippen molar-refractivity contribution in [2.45, 2.75) is 38.5 Å². The molecule has 0 aliphatic heterocycles. The van der Waals surface area contributed by atoms with Gasteiger partial charge >= 0.3 is 0 Å². The summed E-state index contributed by atoms with van der Waals surface area (Å²) in [6.45, 7) is 8.92. The second kappa shape index (κ2) is 5.92. The normalized spacial score (nSPS) is 13.6. The van der Waals surface area contributed by atoms with Crippen LogP contribution in [-0.4, -0.2) is 21.5 Å². The number of nitrogens with one attached hydrogen (secondary N) is 1. The van der Waals surface area contributed by atoms with Crippen LogP contribution in [0.5, 0.6) is 0 Å². The zero-order valence-corrected chi connectivity index (χ0v) is 12.7. The molecule has 90 valence electrons. The maximum atomic E-state index is 4.19. The van der Waals surface area contributed by atoms with E-state index in [1.54, 1.807) is 0 Å². The van der Waals surface area contributed by atoms with Crippen molar-refractivity contribution in [2.75, 3.05) is 11.1 Å². The van der Waals surface area contributed by atoms with Crippen LogP contribution in [0.2, 0.25) is 0 Å². The minimum absolute atomic E-state index is 0.327. The van der Waals surface area contributed by atoms with Crippen molar-refractivity contribution >= 4 is 33.4 Å². The van der Waals surface area contributed by atoms with Crippen LogP contribution in [0.1, 0.15) is 27.7 Å². The first-order valence-electron chi connectivity index (χ1n) is 5.39. The van der Waals surface area contributed by atoms with Crippen molar-refractivity contribution in [3.05, 3.63) is 22.9 Å². The minimum atomic E-state index is 0.327. The Morgan fingerprint density at radius 3 is 2.62 bits per heavy atom. The van der Waals surface area contributed by atoms with Crippen LogP contribution in [0.15, 0.2) is 22.9 Å². The van der Waals surface area contributed by atoms with Crippen LogP contribution in [0.3, 0.4) is 0 Å². The molecule has 16 heavy (non-hydrogen) atoms. The fourth-order valence-electron chi connectivity index (χ4n) is 1.16. The summed E-state index contributed by atoms with van der Waals surface area (Å²) in [4.78, 5) is 4.19. The molecular formula is C12H19BrN2S. The molecule has 0 amide bonds. The average molecular weight is 303 g/mol. The van der Waals surface area contributed by atoms with E-state index in [-0.39, 0.29) is 0 Å². The van der Waals surface area contributed by atoms with Gasteiger partial charge in [-0.2, -0.15) is 11.8 Å². The van der Waals surface area contributed by atoms with Gasteiger partial charge in [0.15, 0.2) is 0 Å². The first kappa shape index (κ1) is 13.8. The van der Waals surface area contributed by atoms with E-state index < -0.39 is 0 Å². The predicted octanol–water partition coefficient (Wildman–Crippen LogP) is 4.18. The molecule has 2 nitrogen and oxygen atoms in total. The molecule has 4 heteroatoms. The highest BCUT2D eigenvalue weighted by atomic mass is 79.9. The van der Waals surface area contributed by atoms with E-state index in [1.165, 1.54) is 0 Å². The largest absolute Gasteiger partial charge is 0.381 e. The molecule has 0 radical (unpaired) electrons. The number of nitrogens with zero attached hydrogens (tertiary/aromatic N) is 1. The highest BCUT2D eigenvalue weighted by molar-refractivity contribution is 9.10. The van der Waals surface area contributed by atoms with Gasteiger partial charge < -0.3 is 5.32 Å². The van der Waals surface area contributed by atoms with Crippen molar-refractivity contribution in [1.29, 1.82) is 0 Å². The third kappa shape index (κ3) is 5.75. The Morgan fingerprint density at radius 1 is 1.44 bits per heavy atom. The summed E-state index contributed by atoms with van der Waals surface area (Å²) in [6.07, 6.45) is 1.85. The Kier molecular flexibility index (Phi) is 5.12. The van der Waals surface area contributed by atoms with Crippen LogP contribution >= 0.6 is 27.7 Å². The van der Waals surface area contributed by atoms with Gasteiger partial charge in [0, 0.05) is 16.5 Å². The maximum absolute atomic E-state index is 4.19. The van der Waals surface area contributed by atoms with Gasteiger partial charge in [-0.15, -0.1) is 0 Å². The molecule has 1 N–H and O–H groups in total. The molecule has 1 unspecified atom stereocenters. The summed E-state index contributed by atoms with van der Waals surface area (Å²) in [5.74, 6) is 1.10. The van der Waals surface area contributed by atoms with E-state index >= 15 is 0 Å². The predicted molar refractivity (Wildman–Crippen MR) is 77.2 cm³/mol. The number of hydrogen-bond acceptors (Lipinski definition) is 3. The first-order chi connectivity index (χ1) is 7.37. The molecular weight excluding hydrogens is 284 g/mol. The third-order valence-electron chi connectivity index (χ3n) is 1.91. The number of anilines is 1. The fraction of sp³-hybridized carbons (Fsp3) is 0.583. The van der Waals surface area contributed by atoms with Crippen molar-refractivity contribution in [3.63, 3.8) is 0 Å². The summed E-state index contributed by atoms with van der Waals surface area (Å²) in [6, 6.07) is 4.44. The molecule has 0 saturated heterocycles. The van der Waals surface area contributed by atoms with Gasteiger partial charge in [-0.3, -0.25) is 0 Å². The van der Waals surface area contributed by atoms with Crippen molar-refractivity contribution in [1.82, 2.24) is 4.98 Å². The molecule has 1 aromatic rings. The molecule has 0 fully saturated rings. The molecule has 1 atom stereocenters. The molecule has 0 bridgehead atoms. The van der Waals surface area contributed by atoms with E-state index in [4.69, 9.17) is 0 Å². The van der Waals surface area contributed by atoms with Crippen molar-refractivity contribution in [3.8, 4) is 0 Å². The third-order valence-corrected chi connectivity index (χ3v) is 3.91. The molecule has 1 rings (SSSR count). The second-order valence-electron chi connectivity index (χ2n) is 4.84. The Labute approximate surface area is 111 Å². The molecule has 0 aliphatic rings. The zero-order chi connectivity index (χ0) is 12.2. The molecule has 1 heterocycles. The Morgan fingerprint density at radius 2 is 2.12 bits per heavy atom. The monoisotopic (exact) mass is 302 g/mol. The quantitative estimate of drug-likeness (QED) is 0.845. The number of pyridine rings is 1. The first-order valence-corrected chi connectivity index (χ1v) is 7.17. The SMILES string of the molecule is CC(CSC(C)(C)C)Nc1ccc(Br)nc1. The van der Waals surface area contributed by atoms with Crippen LogP contribution in [-0.2, 0) is 0 Å². The minimum Gasteiger partial charge on any atom is -0.381 e. The van der Waals surface area contributed by atoms with Gasteiger partial charge in [0.05, 0.1) is 11.9 Å². The second-order valence-corrected chi connectivity index (χ2v) is 7.50. The van der Waals surface area contributed by atoms with E-state index in [0.717, 1.165) is 16.0 Å². The summed E-state index contributed by atoms with van der Waals surface area (Å²) < 4.78 is 1.20. The van der Waals surface area contributed by atoms with Gasteiger partial charge in [0.1, 0.15) is 4.60 Å². The lowest BCUT2D eigenvalue weighted by Gasteiger charge is -2.21. The van der Waals surface area contributed by atoms with Gasteiger partial charge in [-0.05, 0) is 35.0 Å². The van der Waals surface area contributed by atoms with E-state index in [0.29, 0.717) is 10.8 Å². The Hall–Kier alpha value is -0.220. The maximum Gasteiger partial charge on any atom is 0.106 e. The summed E-state index contributed by atoms with van der Waals surface area (Å²) in [7, 11) is 0. The number of thioether (sulfide) groups is 1. The van der Waals surface area contributed by atoms with Gasteiger partial charge in [0.2, 0.25) is 0 Å². The summed E-state index contributed by atoms with van der Waals surface area (Å²) >= 11 is 5.30. The smallest absolute Gasteiger partial charge is 0.106 e. The van der Waals surface area contributed by atoms with E-state index in [2.05, 4.69) is 53.9 Å². The molecule has 0 spiro atoms. The topological polar surface area (TPSA) is 24.9 Å². The number of rotatable bonds is 4. The van der Waals surface area contributed by atoms with Gasteiger partial charge in [-0.1, -0.05) is 20.8 Å². The van der Waals surface area contributed by atoms with Crippen LogP contribution < -0.4 is 5.32 Å². The standard InChI is InChI=1S/C12H19BrN2S/c1-9(8-16-12(2,3)4)15-10-5-6-11(13)14-7-10/h5-7,9,15H,8H2,1-4H3. The molecule has 0 aliphatic carbocycles. The molecule has 1 aromatic heterocycles. The van der Waals surface area contributed by atoms with Crippen molar-refractivity contribution < 1.29 is 0 Å². The lowest BCUT2D eigenvalue weighted by molar-refractivity contribution is 0.793. The Bertz CT molecular complexity index is 319. The Balaban J connectivity index is 2.39. The highest BCUT2D eigenvalue weighted by Crippen LogP contribution is 2.24. The molecule has 0 aromatic carbocycles. The number of aromatic nitrogens is 1. The van der Waals surface area contributed by atoms with Crippen LogP contribution in [0.25, 0.3) is 0 Å². The summed E-state index contributed by atoms with van der Waals surface area (Å²) in [5, 5.41) is 3.44. The van der Waals surface area contributed by atoms with Crippen LogP contribution in [0.4, 0.5) is 5.69 Å².